The van der Waals surface area contributed by atoms with Crippen LogP contribution in [0, 0.1) is 5.82 Å². The van der Waals surface area contributed by atoms with Crippen LogP contribution in [0.4, 0.5) is 4.39 Å². The average Bonchev–Trinajstić information content (AvgIpc) is 3.50. The highest BCUT2D eigenvalue weighted by Crippen LogP contribution is 2.33. The summed E-state index contributed by atoms with van der Waals surface area (Å²) in [6, 6.07) is 21.9. The van der Waals surface area contributed by atoms with Gasteiger partial charge in [-0.1, -0.05) is 60.3 Å². The molecule has 9 heteroatoms. The Morgan fingerprint density at radius 1 is 1.03 bits per heavy atom. The first-order chi connectivity index (χ1) is 17.1. The molecule has 0 saturated carbocycles. The number of amides is 1. The average molecular weight is 491 g/mol. The molecule has 1 N–H and O–H groups in total. The number of nitrogens with one attached hydrogen (secondary N) is 1. The van der Waals surface area contributed by atoms with E-state index < -0.39 is 5.25 Å². The highest BCUT2D eigenvalue weighted by Gasteiger charge is 2.22. The van der Waals surface area contributed by atoms with Crippen LogP contribution in [0.25, 0.3) is 11.4 Å². The highest BCUT2D eigenvalue weighted by atomic mass is 32.2. The van der Waals surface area contributed by atoms with Gasteiger partial charge in [0.15, 0.2) is 22.5 Å². The summed E-state index contributed by atoms with van der Waals surface area (Å²) in [6.45, 7) is 2.82. The lowest BCUT2D eigenvalue weighted by Gasteiger charge is -2.14. The van der Waals surface area contributed by atoms with Gasteiger partial charge in [-0.05, 0) is 42.3 Å². The summed E-state index contributed by atoms with van der Waals surface area (Å²) in [4.78, 5) is 12.8. The zero-order valence-corrected chi connectivity index (χ0v) is 19.8. The van der Waals surface area contributed by atoms with Crippen molar-refractivity contribution in [3.05, 3.63) is 89.7 Å². The number of rotatable bonds is 8. The third kappa shape index (κ3) is 5.14. The topological polar surface area (TPSA) is 78.3 Å². The molecule has 4 aromatic rings. The van der Waals surface area contributed by atoms with E-state index in [9.17, 15) is 9.18 Å². The molecule has 1 amide bonds. The quantitative estimate of drug-likeness (QED) is 0.362. The van der Waals surface area contributed by atoms with Gasteiger partial charge in [0.1, 0.15) is 5.82 Å². The van der Waals surface area contributed by atoms with Crippen LogP contribution in [-0.2, 0) is 17.9 Å². The first-order valence-electron chi connectivity index (χ1n) is 11.1. The molecule has 5 rings (SSSR count). The number of ether oxygens (including phenoxy) is 2. The Kier molecular flexibility index (Phi) is 6.67. The van der Waals surface area contributed by atoms with E-state index in [0.717, 1.165) is 11.1 Å². The van der Waals surface area contributed by atoms with Gasteiger partial charge < -0.3 is 14.8 Å². The Hall–Kier alpha value is -3.85. The van der Waals surface area contributed by atoms with Gasteiger partial charge >= 0.3 is 0 Å². The zero-order valence-electron chi connectivity index (χ0n) is 19.0. The second kappa shape index (κ2) is 10.2. The van der Waals surface area contributed by atoms with Crippen LogP contribution in [0.5, 0.6) is 11.5 Å². The molecule has 1 aromatic heterocycles. The number of carbonyl (C=O) groups is 1. The van der Waals surface area contributed by atoms with Gasteiger partial charge in [0, 0.05) is 6.54 Å². The monoisotopic (exact) mass is 490 g/mol. The molecule has 0 unspecified atom stereocenters. The van der Waals surface area contributed by atoms with Crippen molar-refractivity contribution in [2.24, 2.45) is 0 Å². The van der Waals surface area contributed by atoms with Gasteiger partial charge in [-0.25, -0.2) is 4.39 Å². The van der Waals surface area contributed by atoms with Crippen LogP contribution in [0.3, 0.4) is 0 Å². The van der Waals surface area contributed by atoms with E-state index >= 15 is 0 Å². The SMILES string of the molecule is C[C@H](Sc1nnc(-c2ccccc2F)n1Cc1ccccc1)C(=O)NCc1ccc2c(c1)OCO2. The molecule has 1 atom stereocenters. The van der Waals surface area contributed by atoms with E-state index in [-0.39, 0.29) is 18.5 Å². The molecule has 0 radical (unpaired) electrons. The molecular weight excluding hydrogens is 467 g/mol. The molecule has 3 aromatic carbocycles. The zero-order chi connectivity index (χ0) is 24.2. The van der Waals surface area contributed by atoms with Crippen molar-refractivity contribution in [1.82, 2.24) is 20.1 Å². The summed E-state index contributed by atoms with van der Waals surface area (Å²) < 4.78 is 27.1. The van der Waals surface area contributed by atoms with Gasteiger partial charge in [0.2, 0.25) is 12.7 Å². The number of benzene rings is 3. The highest BCUT2D eigenvalue weighted by molar-refractivity contribution is 8.00. The maximum Gasteiger partial charge on any atom is 0.233 e. The van der Waals surface area contributed by atoms with Crippen molar-refractivity contribution in [2.75, 3.05) is 6.79 Å². The Morgan fingerprint density at radius 2 is 1.80 bits per heavy atom. The number of carbonyl (C=O) groups excluding carboxylic acids is 1. The first kappa shape index (κ1) is 22.9. The third-order valence-electron chi connectivity index (χ3n) is 5.57. The van der Waals surface area contributed by atoms with Crippen molar-refractivity contribution in [3.8, 4) is 22.9 Å². The smallest absolute Gasteiger partial charge is 0.233 e. The lowest BCUT2D eigenvalue weighted by Crippen LogP contribution is -2.30. The summed E-state index contributed by atoms with van der Waals surface area (Å²) >= 11 is 1.28. The van der Waals surface area contributed by atoms with Gasteiger partial charge in [-0.2, -0.15) is 0 Å². The molecule has 0 aliphatic carbocycles. The van der Waals surface area contributed by atoms with E-state index in [2.05, 4.69) is 15.5 Å². The minimum absolute atomic E-state index is 0.144. The van der Waals surface area contributed by atoms with Crippen molar-refractivity contribution < 1.29 is 18.7 Å². The van der Waals surface area contributed by atoms with Crippen molar-refractivity contribution >= 4 is 17.7 Å². The minimum Gasteiger partial charge on any atom is -0.454 e. The maximum atomic E-state index is 14.6. The number of hydrogen-bond acceptors (Lipinski definition) is 6. The normalized spacial score (nSPS) is 13.0. The van der Waals surface area contributed by atoms with E-state index in [4.69, 9.17) is 9.47 Å². The molecule has 0 saturated heterocycles. The first-order valence-corrected chi connectivity index (χ1v) is 12.0. The van der Waals surface area contributed by atoms with Crippen LogP contribution in [0.2, 0.25) is 0 Å². The lowest BCUT2D eigenvalue weighted by molar-refractivity contribution is -0.120. The van der Waals surface area contributed by atoms with Crippen molar-refractivity contribution in [2.45, 2.75) is 30.4 Å². The van der Waals surface area contributed by atoms with Crippen LogP contribution in [0.1, 0.15) is 18.1 Å². The van der Waals surface area contributed by atoms with Crippen molar-refractivity contribution in [3.63, 3.8) is 0 Å². The predicted molar refractivity (Wildman–Crippen MR) is 131 cm³/mol. The standard InChI is InChI=1S/C26H23FN4O3S/c1-17(25(32)28-14-19-11-12-22-23(13-19)34-16-33-22)35-26-30-29-24(20-9-5-6-10-21(20)27)31(26)15-18-7-3-2-4-8-18/h2-13,17H,14-16H2,1H3,(H,28,32)/t17-/m0/s1. The third-order valence-corrected chi connectivity index (χ3v) is 6.65. The van der Waals surface area contributed by atoms with Gasteiger partial charge in [0.25, 0.3) is 0 Å². The Morgan fingerprint density at radius 3 is 2.63 bits per heavy atom. The maximum absolute atomic E-state index is 14.6. The second-order valence-electron chi connectivity index (χ2n) is 8.02. The Labute approximate surface area is 206 Å². The van der Waals surface area contributed by atoms with Crippen LogP contribution >= 0.6 is 11.8 Å². The summed E-state index contributed by atoms with van der Waals surface area (Å²) in [7, 11) is 0. The van der Waals surface area contributed by atoms with E-state index in [1.807, 2.05) is 60.0 Å². The molecule has 35 heavy (non-hydrogen) atoms. The number of thioether (sulfide) groups is 1. The Balaban J connectivity index is 1.33. The van der Waals surface area contributed by atoms with E-state index in [1.54, 1.807) is 18.2 Å². The molecule has 1 aliphatic rings. The number of hydrogen-bond donors (Lipinski definition) is 1. The number of nitrogens with zero attached hydrogens (tertiary/aromatic N) is 3. The molecule has 7 nitrogen and oxygen atoms in total. The molecule has 1 aliphatic heterocycles. The molecule has 0 bridgehead atoms. The van der Waals surface area contributed by atoms with Crippen LogP contribution in [0.15, 0.2) is 78.0 Å². The summed E-state index contributed by atoms with van der Waals surface area (Å²) in [5.41, 5.74) is 2.29. The number of halogens is 1. The Bertz CT molecular complexity index is 1350. The fourth-order valence-electron chi connectivity index (χ4n) is 3.72. The number of fused-ring (bicyclic) bond motifs is 1. The fourth-order valence-corrected chi connectivity index (χ4v) is 4.59. The van der Waals surface area contributed by atoms with Gasteiger partial charge in [-0.15, -0.1) is 10.2 Å². The summed E-state index contributed by atoms with van der Waals surface area (Å²) in [6.07, 6.45) is 0. The molecule has 0 fully saturated rings. The summed E-state index contributed by atoms with van der Waals surface area (Å²) in [5, 5.41) is 11.6. The molecule has 0 spiro atoms. The molecular formula is C26H23FN4O3S. The van der Waals surface area contributed by atoms with E-state index in [0.29, 0.717) is 41.1 Å². The second-order valence-corrected chi connectivity index (χ2v) is 9.33. The van der Waals surface area contributed by atoms with Gasteiger partial charge in [0.05, 0.1) is 17.4 Å². The minimum atomic E-state index is -0.448. The van der Waals surface area contributed by atoms with E-state index in [1.165, 1.54) is 17.8 Å². The largest absolute Gasteiger partial charge is 0.454 e. The molecule has 178 valence electrons. The lowest BCUT2D eigenvalue weighted by atomic mass is 10.2. The number of aromatic nitrogens is 3. The molecule has 2 heterocycles. The fraction of sp³-hybridized carbons (Fsp3) is 0.192. The van der Waals surface area contributed by atoms with Crippen molar-refractivity contribution in [1.29, 1.82) is 0 Å². The summed E-state index contributed by atoms with van der Waals surface area (Å²) in [5.74, 6) is 1.28. The van der Waals surface area contributed by atoms with Crippen LogP contribution < -0.4 is 14.8 Å². The van der Waals surface area contributed by atoms with Gasteiger partial charge in [-0.3, -0.25) is 9.36 Å². The predicted octanol–water partition coefficient (Wildman–Crippen LogP) is 4.66. The van der Waals surface area contributed by atoms with Crippen LogP contribution in [-0.4, -0.2) is 32.7 Å².